The summed E-state index contributed by atoms with van der Waals surface area (Å²) >= 11 is 0. The van der Waals surface area contributed by atoms with Gasteiger partial charge in [0.25, 0.3) is 0 Å². The van der Waals surface area contributed by atoms with Crippen molar-refractivity contribution in [1.82, 2.24) is 9.97 Å². The maximum Gasteiger partial charge on any atom is 0.227 e. The Labute approximate surface area is 200 Å². The molecule has 0 saturated heterocycles. The van der Waals surface area contributed by atoms with E-state index in [1.54, 1.807) is 0 Å². The maximum atomic E-state index is 6.00. The summed E-state index contributed by atoms with van der Waals surface area (Å²) in [4.78, 5) is 9.67. The minimum absolute atomic E-state index is 0.683. The Balaban J connectivity index is 1.60. The highest BCUT2D eigenvalue weighted by molar-refractivity contribution is 6.88. The molecule has 0 fully saturated rings. The van der Waals surface area contributed by atoms with Crippen molar-refractivity contribution in [3.63, 3.8) is 0 Å². The Kier molecular flexibility index (Phi) is 4.68. The van der Waals surface area contributed by atoms with Crippen molar-refractivity contribution in [3.05, 3.63) is 90.6 Å². The molecule has 0 radical (unpaired) electrons. The first kappa shape index (κ1) is 20.8. The second-order valence-corrected chi connectivity index (χ2v) is 15.1. The molecule has 0 spiro atoms. The van der Waals surface area contributed by atoms with Crippen LogP contribution in [0.5, 0.6) is 0 Å². The van der Waals surface area contributed by atoms with E-state index in [4.69, 9.17) is 9.40 Å². The van der Waals surface area contributed by atoms with Gasteiger partial charge in [-0.05, 0) is 60.5 Å². The van der Waals surface area contributed by atoms with Gasteiger partial charge in [0.2, 0.25) is 5.71 Å². The fourth-order valence-corrected chi connectivity index (χ4v) is 5.77. The first-order valence-corrected chi connectivity index (χ1v) is 15.2. The summed E-state index contributed by atoms with van der Waals surface area (Å²) in [5.74, 6) is 0. The normalized spacial score (nSPS) is 12.1. The molecule has 0 bridgehead atoms. The first-order valence-electron chi connectivity index (χ1n) is 11.7. The summed E-state index contributed by atoms with van der Waals surface area (Å²) in [5.41, 5.74) is 7.96. The highest BCUT2D eigenvalue weighted by Gasteiger charge is 2.19. The molecule has 0 aliphatic rings. The van der Waals surface area contributed by atoms with Crippen molar-refractivity contribution in [1.29, 1.82) is 0 Å². The predicted molar refractivity (Wildman–Crippen MR) is 145 cm³/mol. The van der Waals surface area contributed by atoms with E-state index in [-0.39, 0.29) is 0 Å². The van der Waals surface area contributed by atoms with Crippen molar-refractivity contribution >= 4 is 46.2 Å². The molecule has 3 heterocycles. The number of rotatable bonds is 3. The van der Waals surface area contributed by atoms with Gasteiger partial charge in [0.05, 0.1) is 19.3 Å². The Bertz CT molecular complexity index is 1690. The third-order valence-corrected chi connectivity index (χ3v) is 8.57. The monoisotopic (exact) mass is 458 g/mol. The van der Waals surface area contributed by atoms with E-state index in [1.165, 1.54) is 21.7 Å². The van der Waals surface area contributed by atoms with Gasteiger partial charge in [-0.15, -0.1) is 0 Å². The maximum absolute atomic E-state index is 6.00. The SMILES string of the molecule is Cc1ccc2c(n1)oc1ccc(-c3cc(-c4ccccc4)c4cc([Si](C)(C)C)ccc4n3)cc12. The van der Waals surface area contributed by atoms with Crippen LogP contribution in [0.1, 0.15) is 5.69 Å². The number of fused-ring (bicyclic) bond motifs is 4. The minimum atomic E-state index is -1.45. The number of hydrogen-bond acceptors (Lipinski definition) is 3. The van der Waals surface area contributed by atoms with Crippen LogP contribution in [-0.4, -0.2) is 18.0 Å². The van der Waals surface area contributed by atoms with Crippen LogP contribution in [0.3, 0.4) is 0 Å². The molecule has 0 unspecified atom stereocenters. The van der Waals surface area contributed by atoms with Crippen LogP contribution in [0.15, 0.2) is 89.3 Å². The predicted octanol–water partition coefficient (Wildman–Crippen LogP) is 7.72. The van der Waals surface area contributed by atoms with Crippen molar-refractivity contribution in [2.75, 3.05) is 0 Å². The fraction of sp³-hybridized carbons (Fsp3) is 0.133. The van der Waals surface area contributed by atoms with Crippen LogP contribution in [0.25, 0.3) is 55.4 Å². The summed E-state index contributed by atoms with van der Waals surface area (Å²) in [6.07, 6.45) is 0. The zero-order valence-corrected chi connectivity index (χ0v) is 20.9. The highest BCUT2D eigenvalue weighted by Crippen LogP contribution is 2.35. The molecule has 3 aromatic carbocycles. The number of benzene rings is 3. The van der Waals surface area contributed by atoms with E-state index >= 15 is 0 Å². The number of furan rings is 1. The molecule has 6 rings (SSSR count). The van der Waals surface area contributed by atoms with Crippen LogP contribution in [0.2, 0.25) is 19.6 Å². The third kappa shape index (κ3) is 3.51. The number of aryl methyl sites for hydroxylation is 1. The van der Waals surface area contributed by atoms with Crippen molar-refractivity contribution in [2.45, 2.75) is 26.6 Å². The minimum Gasteiger partial charge on any atom is -0.438 e. The van der Waals surface area contributed by atoms with Gasteiger partial charge in [0.1, 0.15) is 5.58 Å². The Morgan fingerprint density at radius 2 is 1.50 bits per heavy atom. The van der Waals surface area contributed by atoms with Gasteiger partial charge >= 0.3 is 0 Å². The standard InChI is InChI=1S/C30H26N2OSi/c1-19-10-13-23-26-16-21(11-15-29(26)33-30(23)31-19)28-18-24(20-8-6-5-7-9-20)25-17-22(34(2,3)4)12-14-27(25)32-28/h5-18H,1-4H3. The van der Waals surface area contributed by atoms with E-state index in [2.05, 4.69) is 97.4 Å². The second kappa shape index (κ2) is 7.64. The molecule has 0 aliphatic heterocycles. The lowest BCUT2D eigenvalue weighted by Crippen LogP contribution is -2.37. The lowest BCUT2D eigenvalue weighted by molar-refractivity contribution is 0.652. The van der Waals surface area contributed by atoms with E-state index in [9.17, 15) is 0 Å². The van der Waals surface area contributed by atoms with Gasteiger partial charge in [-0.1, -0.05) is 67.3 Å². The number of hydrogen-bond donors (Lipinski definition) is 0. The van der Waals surface area contributed by atoms with Gasteiger partial charge in [-0.25, -0.2) is 9.97 Å². The topological polar surface area (TPSA) is 38.9 Å². The van der Waals surface area contributed by atoms with Crippen LogP contribution in [0, 0.1) is 6.92 Å². The van der Waals surface area contributed by atoms with Gasteiger partial charge in [-0.2, -0.15) is 0 Å². The fourth-order valence-electron chi connectivity index (χ4n) is 4.61. The molecule has 166 valence electrons. The van der Waals surface area contributed by atoms with Gasteiger partial charge in [0.15, 0.2) is 0 Å². The second-order valence-electron chi connectivity index (χ2n) is 10.0. The molecule has 3 aromatic heterocycles. The number of nitrogens with zero attached hydrogens (tertiary/aromatic N) is 2. The molecule has 0 aliphatic carbocycles. The molecule has 0 saturated carbocycles. The molecule has 4 heteroatoms. The smallest absolute Gasteiger partial charge is 0.227 e. The lowest BCUT2D eigenvalue weighted by atomic mass is 9.98. The zero-order chi connectivity index (χ0) is 23.4. The van der Waals surface area contributed by atoms with Crippen LogP contribution >= 0.6 is 0 Å². The Morgan fingerprint density at radius 1 is 0.676 bits per heavy atom. The van der Waals surface area contributed by atoms with Crippen molar-refractivity contribution in [3.8, 4) is 22.4 Å². The van der Waals surface area contributed by atoms with E-state index in [0.717, 1.165) is 38.8 Å². The molecule has 0 amide bonds. The number of pyridine rings is 2. The number of aromatic nitrogens is 2. The Morgan fingerprint density at radius 3 is 2.29 bits per heavy atom. The lowest BCUT2D eigenvalue weighted by Gasteiger charge is -2.18. The Hall–Kier alpha value is -3.76. The van der Waals surface area contributed by atoms with Crippen LogP contribution in [-0.2, 0) is 0 Å². The van der Waals surface area contributed by atoms with E-state index < -0.39 is 8.07 Å². The van der Waals surface area contributed by atoms with Crippen LogP contribution in [0.4, 0.5) is 0 Å². The molecular weight excluding hydrogens is 432 g/mol. The summed E-state index contributed by atoms with van der Waals surface area (Å²) in [6, 6.07) is 30.1. The molecule has 3 nitrogen and oxygen atoms in total. The first-order chi connectivity index (χ1) is 16.4. The highest BCUT2D eigenvalue weighted by atomic mass is 28.3. The summed E-state index contributed by atoms with van der Waals surface area (Å²) in [7, 11) is -1.45. The summed E-state index contributed by atoms with van der Waals surface area (Å²) < 4.78 is 6.00. The van der Waals surface area contributed by atoms with Gasteiger partial charge in [0, 0.05) is 27.4 Å². The summed E-state index contributed by atoms with van der Waals surface area (Å²) in [5, 5.41) is 4.76. The van der Waals surface area contributed by atoms with Gasteiger partial charge in [-0.3, -0.25) is 0 Å². The third-order valence-electron chi connectivity index (χ3n) is 6.53. The van der Waals surface area contributed by atoms with Crippen molar-refractivity contribution in [2.24, 2.45) is 0 Å². The molecule has 0 atom stereocenters. The van der Waals surface area contributed by atoms with E-state index in [0.29, 0.717) is 5.71 Å². The molecule has 0 N–H and O–H groups in total. The quantitative estimate of drug-likeness (QED) is 0.255. The average molecular weight is 459 g/mol. The molecule has 6 aromatic rings. The largest absolute Gasteiger partial charge is 0.438 e. The van der Waals surface area contributed by atoms with Crippen LogP contribution < -0.4 is 5.19 Å². The van der Waals surface area contributed by atoms with E-state index in [1.807, 2.05) is 19.1 Å². The van der Waals surface area contributed by atoms with Crippen molar-refractivity contribution < 1.29 is 4.42 Å². The average Bonchev–Trinajstić information content (AvgIpc) is 3.19. The van der Waals surface area contributed by atoms with Gasteiger partial charge < -0.3 is 4.42 Å². The molecule has 34 heavy (non-hydrogen) atoms. The summed E-state index contributed by atoms with van der Waals surface area (Å²) in [6.45, 7) is 9.15. The molecular formula is C30H26N2OSi. The zero-order valence-electron chi connectivity index (χ0n) is 19.9.